The molecule has 1 aromatic rings. The van der Waals surface area contributed by atoms with Gasteiger partial charge >= 0.3 is 6.03 Å². The summed E-state index contributed by atoms with van der Waals surface area (Å²) in [6.07, 6.45) is 1.71. The van der Waals surface area contributed by atoms with E-state index in [-0.39, 0.29) is 11.8 Å². The molecule has 1 fully saturated rings. The number of benzene rings is 1. The summed E-state index contributed by atoms with van der Waals surface area (Å²) in [6.45, 7) is 2.96. The first kappa shape index (κ1) is 14.3. The lowest BCUT2D eigenvalue weighted by atomic mass is 9.92. The fraction of sp³-hybridized carbons (Fsp3) is 0.429. The maximum Gasteiger partial charge on any atom is 0.316 e. The SMILES string of the molecule is CC1CC(C(=O)Nc2ccc(NC(N)=O)cc2)CCN1. The molecule has 1 saturated heterocycles. The highest BCUT2D eigenvalue weighted by molar-refractivity contribution is 5.93. The second kappa shape index (κ2) is 6.38. The minimum Gasteiger partial charge on any atom is -0.351 e. The van der Waals surface area contributed by atoms with Crippen LogP contribution in [0.15, 0.2) is 24.3 Å². The van der Waals surface area contributed by atoms with Crippen LogP contribution in [0.25, 0.3) is 0 Å². The first-order valence-corrected chi connectivity index (χ1v) is 6.75. The monoisotopic (exact) mass is 276 g/mol. The van der Waals surface area contributed by atoms with E-state index in [0.717, 1.165) is 25.1 Å². The van der Waals surface area contributed by atoms with Crippen molar-refractivity contribution in [3.8, 4) is 0 Å². The van der Waals surface area contributed by atoms with E-state index < -0.39 is 6.03 Å². The zero-order valence-corrected chi connectivity index (χ0v) is 11.5. The molecule has 20 heavy (non-hydrogen) atoms. The molecule has 0 spiro atoms. The van der Waals surface area contributed by atoms with Crippen LogP contribution in [0.4, 0.5) is 16.2 Å². The predicted octanol–water partition coefficient (Wildman–Crippen LogP) is 1.50. The summed E-state index contributed by atoms with van der Waals surface area (Å²) in [4.78, 5) is 22.9. The maximum atomic E-state index is 12.1. The summed E-state index contributed by atoms with van der Waals surface area (Å²) in [7, 11) is 0. The van der Waals surface area contributed by atoms with Gasteiger partial charge in [0.25, 0.3) is 0 Å². The van der Waals surface area contributed by atoms with Gasteiger partial charge < -0.3 is 21.7 Å². The lowest BCUT2D eigenvalue weighted by Gasteiger charge is -2.27. The Kier molecular flexibility index (Phi) is 4.57. The Labute approximate surface area is 118 Å². The van der Waals surface area contributed by atoms with Crippen LogP contribution >= 0.6 is 0 Å². The second-order valence-electron chi connectivity index (χ2n) is 5.13. The van der Waals surface area contributed by atoms with Crippen molar-refractivity contribution < 1.29 is 9.59 Å². The van der Waals surface area contributed by atoms with Crippen molar-refractivity contribution in [3.63, 3.8) is 0 Å². The van der Waals surface area contributed by atoms with Gasteiger partial charge in [-0.05, 0) is 50.6 Å². The molecule has 1 aliphatic heterocycles. The van der Waals surface area contributed by atoms with E-state index in [4.69, 9.17) is 5.73 Å². The van der Waals surface area contributed by atoms with Crippen molar-refractivity contribution in [2.75, 3.05) is 17.2 Å². The van der Waals surface area contributed by atoms with Crippen LogP contribution in [0.3, 0.4) is 0 Å². The topological polar surface area (TPSA) is 96.2 Å². The van der Waals surface area contributed by atoms with E-state index >= 15 is 0 Å². The molecule has 2 rings (SSSR count). The van der Waals surface area contributed by atoms with Gasteiger partial charge in [0.1, 0.15) is 0 Å². The number of amides is 3. The Morgan fingerprint density at radius 3 is 2.35 bits per heavy atom. The Hall–Kier alpha value is -2.08. The van der Waals surface area contributed by atoms with Gasteiger partial charge in [0, 0.05) is 23.3 Å². The predicted molar refractivity (Wildman–Crippen MR) is 78.5 cm³/mol. The Bertz CT molecular complexity index is 486. The first-order valence-electron chi connectivity index (χ1n) is 6.75. The standard InChI is InChI=1S/C14H20N4O2/c1-9-8-10(6-7-16-9)13(19)17-11-2-4-12(5-3-11)18-14(15)20/h2-5,9-10,16H,6-8H2,1H3,(H,17,19)(H3,15,18,20). The zero-order valence-electron chi connectivity index (χ0n) is 11.5. The molecule has 2 unspecified atom stereocenters. The van der Waals surface area contributed by atoms with Crippen LogP contribution in [0.5, 0.6) is 0 Å². The number of piperidine rings is 1. The van der Waals surface area contributed by atoms with Crippen molar-refractivity contribution in [1.29, 1.82) is 0 Å². The number of primary amides is 1. The Morgan fingerprint density at radius 2 is 1.80 bits per heavy atom. The van der Waals surface area contributed by atoms with Gasteiger partial charge in [0.2, 0.25) is 5.91 Å². The summed E-state index contributed by atoms with van der Waals surface area (Å²) in [5.74, 6) is 0.101. The van der Waals surface area contributed by atoms with Gasteiger partial charge in [-0.25, -0.2) is 4.79 Å². The number of anilines is 2. The molecule has 1 aliphatic rings. The minimum atomic E-state index is -0.606. The van der Waals surface area contributed by atoms with Crippen LogP contribution in [-0.2, 0) is 4.79 Å². The largest absolute Gasteiger partial charge is 0.351 e. The van der Waals surface area contributed by atoms with Crippen LogP contribution in [0.1, 0.15) is 19.8 Å². The third-order valence-electron chi connectivity index (χ3n) is 3.41. The molecule has 1 aromatic carbocycles. The Balaban J connectivity index is 1.92. The van der Waals surface area contributed by atoms with E-state index in [1.54, 1.807) is 24.3 Å². The van der Waals surface area contributed by atoms with Crippen molar-refractivity contribution in [2.24, 2.45) is 11.7 Å². The second-order valence-corrected chi connectivity index (χ2v) is 5.13. The molecule has 0 radical (unpaired) electrons. The lowest BCUT2D eigenvalue weighted by Crippen LogP contribution is -2.40. The number of rotatable bonds is 3. The van der Waals surface area contributed by atoms with Gasteiger partial charge in [0.15, 0.2) is 0 Å². The molecule has 0 aliphatic carbocycles. The van der Waals surface area contributed by atoms with Crippen molar-refractivity contribution >= 4 is 23.3 Å². The molecule has 5 N–H and O–H groups in total. The quantitative estimate of drug-likeness (QED) is 0.673. The number of carbonyl (C=O) groups is 2. The van der Waals surface area contributed by atoms with Crippen LogP contribution in [-0.4, -0.2) is 24.5 Å². The molecule has 3 amide bonds. The van der Waals surface area contributed by atoms with Crippen LogP contribution in [0.2, 0.25) is 0 Å². The molecule has 0 aromatic heterocycles. The van der Waals surface area contributed by atoms with Crippen LogP contribution in [0, 0.1) is 5.92 Å². The van der Waals surface area contributed by atoms with Gasteiger partial charge in [-0.3, -0.25) is 4.79 Å². The molecule has 6 heteroatoms. The number of hydrogen-bond acceptors (Lipinski definition) is 3. The fourth-order valence-electron chi connectivity index (χ4n) is 2.39. The number of nitrogens with two attached hydrogens (primary N) is 1. The summed E-state index contributed by atoms with van der Waals surface area (Å²) in [5.41, 5.74) is 6.35. The Morgan fingerprint density at radius 1 is 1.20 bits per heavy atom. The van der Waals surface area contributed by atoms with Gasteiger partial charge in [-0.15, -0.1) is 0 Å². The van der Waals surface area contributed by atoms with E-state index in [1.807, 2.05) is 0 Å². The molecule has 6 nitrogen and oxygen atoms in total. The maximum absolute atomic E-state index is 12.1. The van der Waals surface area contributed by atoms with Gasteiger partial charge in [0.05, 0.1) is 0 Å². The van der Waals surface area contributed by atoms with Gasteiger partial charge in [-0.1, -0.05) is 0 Å². The van der Waals surface area contributed by atoms with Crippen molar-refractivity contribution in [2.45, 2.75) is 25.8 Å². The molecule has 108 valence electrons. The van der Waals surface area contributed by atoms with E-state index in [2.05, 4.69) is 22.9 Å². The van der Waals surface area contributed by atoms with E-state index in [1.165, 1.54) is 0 Å². The number of hydrogen-bond donors (Lipinski definition) is 4. The number of nitrogens with one attached hydrogen (secondary N) is 3. The highest BCUT2D eigenvalue weighted by atomic mass is 16.2. The van der Waals surface area contributed by atoms with E-state index in [9.17, 15) is 9.59 Å². The van der Waals surface area contributed by atoms with Gasteiger partial charge in [-0.2, -0.15) is 0 Å². The number of urea groups is 1. The summed E-state index contributed by atoms with van der Waals surface area (Å²) < 4.78 is 0. The normalized spacial score (nSPS) is 22.1. The summed E-state index contributed by atoms with van der Waals surface area (Å²) in [5, 5.41) is 8.70. The molecule has 0 bridgehead atoms. The summed E-state index contributed by atoms with van der Waals surface area (Å²) in [6, 6.07) is 6.66. The molecular formula is C14H20N4O2. The summed E-state index contributed by atoms with van der Waals surface area (Å²) >= 11 is 0. The lowest BCUT2D eigenvalue weighted by molar-refractivity contribution is -0.120. The van der Waals surface area contributed by atoms with Crippen LogP contribution < -0.4 is 21.7 Å². The molecular weight excluding hydrogens is 256 g/mol. The average molecular weight is 276 g/mol. The first-order chi connectivity index (χ1) is 9.54. The average Bonchev–Trinajstić information content (AvgIpc) is 2.40. The smallest absolute Gasteiger partial charge is 0.316 e. The zero-order chi connectivity index (χ0) is 14.5. The highest BCUT2D eigenvalue weighted by Crippen LogP contribution is 2.19. The minimum absolute atomic E-state index is 0.0500. The molecule has 0 saturated carbocycles. The van der Waals surface area contributed by atoms with Crippen molar-refractivity contribution in [1.82, 2.24) is 5.32 Å². The van der Waals surface area contributed by atoms with Crippen molar-refractivity contribution in [3.05, 3.63) is 24.3 Å². The number of carbonyl (C=O) groups excluding carboxylic acids is 2. The third kappa shape index (κ3) is 3.96. The molecule has 2 atom stereocenters. The van der Waals surface area contributed by atoms with E-state index in [0.29, 0.717) is 11.7 Å². The fourth-order valence-corrected chi connectivity index (χ4v) is 2.39. The third-order valence-corrected chi connectivity index (χ3v) is 3.41. The molecule has 1 heterocycles. The highest BCUT2D eigenvalue weighted by Gasteiger charge is 2.24.